The number of anilines is 1. The van der Waals surface area contributed by atoms with Crippen LogP contribution in [0.1, 0.15) is 37.8 Å². The van der Waals surface area contributed by atoms with Crippen LogP contribution >= 0.6 is 0 Å². The van der Waals surface area contributed by atoms with E-state index in [4.69, 9.17) is 0 Å². The van der Waals surface area contributed by atoms with Crippen molar-refractivity contribution in [2.45, 2.75) is 38.4 Å². The molecular formula is C15H21F3N2. The predicted molar refractivity (Wildman–Crippen MR) is 75.0 cm³/mol. The predicted octanol–water partition coefficient (Wildman–Crippen LogP) is 3.89. The number of nitrogens with zero attached hydrogens (tertiary/aromatic N) is 1. The highest BCUT2D eigenvalue weighted by Gasteiger charge is 2.28. The van der Waals surface area contributed by atoms with Gasteiger partial charge in [0, 0.05) is 31.2 Å². The van der Waals surface area contributed by atoms with Crippen LogP contribution in [0.3, 0.4) is 0 Å². The number of rotatable bonds is 5. The van der Waals surface area contributed by atoms with Gasteiger partial charge in [-0.2, -0.15) is 13.2 Å². The first-order valence-corrected chi connectivity index (χ1v) is 7.15. The van der Waals surface area contributed by atoms with E-state index in [-0.39, 0.29) is 6.42 Å². The van der Waals surface area contributed by atoms with Crippen LogP contribution in [0.25, 0.3) is 0 Å². The summed E-state index contributed by atoms with van der Waals surface area (Å²) in [5, 5.41) is 3.43. The molecule has 0 aromatic heterocycles. The maximum Gasteiger partial charge on any atom is 0.389 e. The second kappa shape index (κ2) is 6.48. The summed E-state index contributed by atoms with van der Waals surface area (Å²) in [5.74, 6) is 0. The molecule has 1 unspecified atom stereocenters. The van der Waals surface area contributed by atoms with E-state index < -0.39 is 12.6 Å². The quantitative estimate of drug-likeness (QED) is 0.883. The summed E-state index contributed by atoms with van der Waals surface area (Å²) in [7, 11) is 0. The highest BCUT2D eigenvalue weighted by molar-refractivity contribution is 5.56. The number of para-hydroxylation sites is 1. The zero-order valence-corrected chi connectivity index (χ0v) is 11.7. The van der Waals surface area contributed by atoms with Crippen LogP contribution in [-0.4, -0.2) is 25.8 Å². The first-order chi connectivity index (χ1) is 9.51. The third-order valence-corrected chi connectivity index (χ3v) is 3.68. The normalized spacial score (nSPS) is 19.0. The molecule has 20 heavy (non-hydrogen) atoms. The molecule has 0 aliphatic carbocycles. The fourth-order valence-electron chi connectivity index (χ4n) is 2.79. The maximum absolute atomic E-state index is 12.2. The van der Waals surface area contributed by atoms with E-state index in [2.05, 4.69) is 23.2 Å². The van der Waals surface area contributed by atoms with E-state index in [0.29, 0.717) is 12.6 Å². The van der Waals surface area contributed by atoms with Crippen molar-refractivity contribution in [2.24, 2.45) is 0 Å². The van der Waals surface area contributed by atoms with Crippen LogP contribution in [0.2, 0.25) is 0 Å². The molecule has 1 atom stereocenters. The topological polar surface area (TPSA) is 15.3 Å². The van der Waals surface area contributed by atoms with Crippen molar-refractivity contribution < 1.29 is 13.2 Å². The van der Waals surface area contributed by atoms with Crippen molar-refractivity contribution in [2.75, 3.05) is 24.5 Å². The molecule has 0 spiro atoms. The monoisotopic (exact) mass is 286 g/mol. The number of hydrogen-bond donors (Lipinski definition) is 1. The van der Waals surface area contributed by atoms with Gasteiger partial charge < -0.3 is 10.2 Å². The van der Waals surface area contributed by atoms with Gasteiger partial charge in [0.2, 0.25) is 0 Å². The van der Waals surface area contributed by atoms with Crippen molar-refractivity contribution in [3.8, 4) is 0 Å². The fraction of sp³-hybridized carbons (Fsp3) is 0.600. The molecule has 0 saturated carbocycles. The first kappa shape index (κ1) is 15.2. The van der Waals surface area contributed by atoms with Gasteiger partial charge in [-0.05, 0) is 31.0 Å². The second-order valence-electron chi connectivity index (χ2n) is 5.16. The summed E-state index contributed by atoms with van der Waals surface area (Å²) in [6, 6.07) is 8.33. The van der Waals surface area contributed by atoms with Crippen molar-refractivity contribution in [1.29, 1.82) is 0 Å². The second-order valence-corrected chi connectivity index (χ2v) is 5.16. The van der Waals surface area contributed by atoms with Gasteiger partial charge in [-0.15, -0.1) is 0 Å². The van der Waals surface area contributed by atoms with Crippen molar-refractivity contribution >= 4 is 5.69 Å². The average Bonchev–Trinajstić information content (AvgIpc) is 2.40. The Labute approximate surface area is 118 Å². The van der Waals surface area contributed by atoms with Crippen LogP contribution < -0.4 is 10.2 Å². The molecule has 1 aliphatic rings. The third kappa shape index (κ3) is 3.88. The Kier molecular flexibility index (Phi) is 4.91. The van der Waals surface area contributed by atoms with E-state index in [1.807, 2.05) is 18.2 Å². The summed E-state index contributed by atoms with van der Waals surface area (Å²) in [4.78, 5) is 2.08. The molecule has 0 bridgehead atoms. The largest absolute Gasteiger partial charge is 0.389 e. The van der Waals surface area contributed by atoms with Gasteiger partial charge in [0.25, 0.3) is 0 Å². The molecule has 1 aliphatic heterocycles. The Balaban J connectivity index is 2.03. The number of hydrogen-bond acceptors (Lipinski definition) is 2. The number of halogens is 3. The summed E-state index contributed by atoms with van der Waals surface area (Å²) in [6.07, 6.45) is -3.66. The molecule has 0 saturated heterocycles. The van der Waals surface area contributed by atoms with Crippen molar-refractivity contribution in [3.63, 3.8) is 0 Å². The molecule has 0 radical (unpaired) electrons. The Morgan fingerprint density at radius 2 is 2.05 bits per heavy atom. The van der Waals surface area contributed by atoms with Crippen LogP contribution in [-0.2, 0) is 0 Å². The lowest BCUT2D eigenvalue weighted by Gasteiger charge is -2.36. The molecule has 2 rings (SSSR count). The lowest BCUT2D eigenvalue weighted by atomic mass is 9.96. The number of fused-ring (bicyclic) bond motifs is 1. The van der Waals surface area contributed by atoms with Crippen LogP contribution in [0.5, 0.6) is 0 Å². The number of nitrogens with one attached hydrogen (secondary N) is 1. The highest BCUT2D eigenvalue weighted by Crippen LogP contribution is 2.34. The van der Waals surface area contributed by atoms with Gasteiger partial charge in [0.1, 0.15) is 0 Å². The summed E-state index contributed by atoms with van der Waals surface area (Å²) in [6.45, 7) is 4.24. The molecule has 2 nitrogen and oxygen atoms in total. The van der Waals surface area contributed by atoms with Crippen molar-refractivity contribution in [3.05, 3.63) is 29.8 Å². The van der Waals surface area contributed by atoms with Gasteiger partial charge in [-0.1, -0.05) is 25.1 Å². The van der Waals surface area contributed by atoms with E-state index in [1.54, 1.807) is 0 Å². The molecule has 1 N–H and O–H groups in total. The minimum atomic E-state index is -4.05. The zero-order valence-electron chi connectivity index (χ0n) is 11.7. The smallest absolute Gasteiger partial charge is 0.371 e. The van der Waals surface area contributed by atoms with E-state index in [0.717, 1.165) is 25.2 Å². The summed E-state index contributed by atoms with van der Waals surface area (Å²) in [5.41, 5.74) is 2.28. The maximum atomic E-state index is 12.2. The van der Waals surface area contributed by atoms with Gasteiger partial charge in [-0.25, -0.2) is 0 Å². The number of alkyl halides is 3. The molecule has 112 valence electrons. The average molecular weight is 286 g/mol. The van der Waals surface area contributed by atoms with Gasteiger partial charge in [-0.3, -0.25) is 0 Å². The minimum Gasteiger partial charge on any atom is -0.371 e. The molecule has 0 amide bonds. The molecule has 5 heteroatoms. The zero-order chi connectivity index (χ0) is 14.6. The van der Waals surface area contributed by atoms with Crippen LogP contribution in [0.15, 0.2) is 24.3 Å². The van der Waals surface area contributed by atoms with Crippen LogP contribution in [0.4, 0.5) is 18.9 Å². The highest BCUT2D eigenvalue weighted by atomic mass is 19.4. The van der Waals surface area contributed by atoms with Gasteiger partial charge in [0.05, 0.1) is 0 Å². The molecule has 0 fully saturated rings. The molecule has 1 aromatic rings. The van der Waals surface area contributed by atoms with Crippen LogP contribution in [0, 0.1) is 0 Å². The summed E-state index contributed by atoms with van der Waals surface area (Å²) >= 11 is 0. The first-order valence-electron chi connectivity index (χ1n) is 7.15. The lowest BCUT2D eigenvalue weighted by Crippen LogP contribution is -2.36. The fourth-order valence-corrected chi connectivity index (χ4v) is 2.79. The minimum absolute atomic E-state index is 0.156. The molecular weight excluding hydrogens is 265 g/mol. The Hall–Kier alpha value is -1.23. The van der Waals surface area contributed by atoms with E-state index >= 15 is 0 Å². The Bertz CT molecular complexity index is 431. The van der Waals surface area contributed by atoms with Crippen molar-refractivity contribution in [1.82, 2.24) is 5.32 Å². The molecule has 1 heterocycles. The van der Waals surface area contributed by atoms with E-state index in [9.17, 15) is 13.2 Å². The van der Waals surface area contributed by atoms with Gasteiger partial charge >= 0.3 is 6.18 Å². The third-order valence-electron chi connectivity index (χ3n) is 3.68. The number of benzene rings is 1. The van der Waals surface area contributed by atoms with E-state index in [1.165, 1.54) is 5.56 Å². The lowest BCUT2D eigenvalue weighted by molar-refractivity contribution is -0.135. The Morgan fingerprint density at radius 1 is 1.30 bits per heavy atom. The Morgan fingerprint density at radius 3 is 2.75 bits per heavy atom. The standard InChI is InChI=1S/C15H21F3N2/c1-2-19-13-8-11-20(10-5-9-15(16,17)18)14-7-4-3-6-12(13)14/h3-4,6-7,13,19H,2,5,8-11H2,1H3. The molecule has 1 aromatic carbocycles. The SMILES string of the molecule is CCNC1CCN(CCCC(F)(F)F)c2ccccc21. The van der Waals surface area contributed by atoms with Gasteiger partial charge in [0.15, 0.2) is 0 Å². The summed E-state index contributed by atoms with van der Waals surface area (Å²) < 4.78 is 36.7.